The summed E-state index contributed by atoms with van der Waals surface area (Å²) in [6, 6.07) is 4.73. The molecule has 1 aromatic heterocycles. The first-order valence-electron chi connectivity index (χ1n) is 11.0. The summed E-state index contributed by atoms with van der Waals surface area (Å²) in [7, 11) is -2.41. The second-order valence-electron chi connectivity index (χ2n) is 8.67. The largest absolute Gasteiger partial charge is 0.465 e. The fraction of sp³-hybridized carbons (Fsp3) is 0.478. The highest BCUT2D eigenvalue weighted by Crippen LogP contribution is 2.40. The lowest BCUT2D eigenvalue weighted by molar-refractivity contribution is -0.120. The molecule has 1 amide bonds. The van der Waals surface area contributed by atoms with Crippen molar-refractivity contribution in [1.29, 1.82) is 0 Å². The number of rotatable bonds is 5. The Morgan fingerprint density at radius 1 is 1.15 bits per heavy atom. The number of anilines is 1. The highest BCUT2D eigenvalue weighted by Gasteiger charge is 2.34. The average Bonchev–Trinajstić information content (AvgIpc) is 3.15. The van der Waals surface area contributed by atoms with Crippen LogP contribution in [0, 0.1) is 17.7 Å². The van der Waals surface area contributed by atoms with Gasteiger partial charge in [-0.2, -0.15) is 4.31 Å². The van der Waals surface area contributed by atoms with Crippen LogP contribution in [0.2, 0.25) is 0 Å². The van der Waals surface area contributed by atoms with Gasteiger partial charge in [0, 0.05) is 23.9 Å². The predicted molar refractivity (Wildman–Crippen MR) is 123 cm³/mol. The zero-order chi connectivity index (χ0) is 23.8. The number of methoxy groups -OCH3 is 1. The van der Waals surface area contributed by atoms with Gasteiger partial charge in [-0.3, -0.25) is 4.79 Å². The van der Waals surface area contributed by atoms with E-state index in [9.17, 15) is 22.4 Å². The van der Waals surface area contributed by atoms with Crippen LogP contribution >= 0.6 is 11.3 Å². The number of halogens is 1. The summed E-state index contributed by atoms with van der Waals surface area (Å²) in [5.74, 6) is -1.01. The summed E-state index contributed by atoms with van der Waals surface area (Å²) < 4.78 is 45.1. The third-order valence-corrected chi connectivity index (χ3v) is 9.50. The molecule has 7 nitrogen and oxygen atoms in total. The van der Waals surface area contributed by atoms with E-state index in [2.05, 4.69) is 12.2 Å². The highest BCUT2D eigenvalue weighted by molar-refractivity contribution is 7.89. The molecule has 0 saturated carbocycles. The summed E-state index contributed by atoms with van der Waals surface area (Å²) in [6.07, 6.45) is 3.37. The molecule has 0 radical (unpaired) electrons. The van der Waals surface area contributed by atoms with Gasteiger partial charge in [-0.15, -0.1) is 11.3 Å². The van der Waals surface area contributed by atoms with E-state index in [0.717, 1.165) is 41.8 Å². The van der Waals surface area contributed by atoms with Crippen molar-refractivity contribution in [2.45, 2.75) is 43.9 Å². The molecule has 1 aliphatic heterocycles. The van der Waals surface area contributed by atoms with E-state index in [4.69, 9.17) is 4.74 Å². The van der Waals surface area contributed by atoms with Crippen LogP contribution in [0.4, 0.5) is 9.39 Å². The van der Waals surface area contributed by atoms with Crippen LogP contribution in [0.15, 0.2) is 29.2 Å². The lowest BCUT2D eigenvalue weighted by atomic mass is 9.88. The Hall–Kier alpha value is -2.30. The molecule has 10 heteroatoms. The maximum Gasteiger partial charge on any atom is 0.341 e. The molecule has 2 aromatic rings. The molecule has 1 aromatic carbocycles. The Morgan fingerprint density at radius 2 is 1.82 bits per heavy atom. The first-order valence-corrected chi connectivity index (χ1v) is 13.3. The third kappa shape index (κ3) is 4.83. The van der Waals surface area contributed by atoms with Crippen LogP contribution in [-0.2, 0) is 32.4 Å². The second-order valence-corrected chi connectivity index (χ2v) is 11.7. The molecular weight excluding hydrogens is 467 g/mol. The van der Waals surface area contributed by atoms with E-state index in [1.807, 2.05) is 0 Å². The Balaban J connectivity index is 1.45. The van der Waals surface area contributed by atoms with Crippen molar-refractivity contribution < 1.29 is 27.1 Å². The average molecular weight is 495 g/mol. The van der Waals surface area contributed by atoms with Crippen LogP contribution in [0.25, 0.3) is 0 Å². The summed E-state index contributed by atoms with van der Waals surface area (Å²) >= 11 is 1.44. The lowest BCUT2D eigenvalue weighted by Crippen LogP contribution is -2.41. The van der Waals surface area contributed by atoms with E-state index < -0.39 is 21.8 Å². The number of sulfonamides is 1. The van der Waals surface area contributed by atoms with Crippen molar-refractivity contribution in [1.82, 2.24) is 4.31 Å². The number of thiophene rings is 1. The minimum absolute atomic E-state index is 0.0351. The maximum atomic E-state index is 13.2. The number of carbonyl (C=O) groups is 2. The summed E-state index contributed by atoms with van der Waals surface area (Å²) in [6.45, 7) is 2.56. The van der Waals surface area contributed by atoms with Crippen molar-refractivity contribution in [3.8, 4) is 0 Å². The number of fused-ring (bicyclic) bond motifs is 1. The standard InChI is InChI=1S/C23H27FN2O5S2/c1-14-3-8-18-19(13-14)32-22(20(18)23(28)31-2)25-21(27)15-9-11-26(12-10-15)33(29,30)17-6-4-16(24)5-7-17/h4-7,14-15H,3,8-13H2,1-2H3,(H,25,27). The quantitative estimate of drug-likeness (QED) is 0.638. The first kappa shape index (κ1) is 23.8. The zero-order valence-electron chi connectivity index (χ0n) is 18.6. The Labute approximate surface area is 197 Å². The molecule has 1 unspecified atom stereocenters. The van der Waals surface area contributed by atoms with Crippen molar-refractivity contribution in [3.63, 3.8) is 0 Å². The van der Waals surface area contributed by atoms with Gasteiger partial charge in [0.05, 0.1) is 17.6 Å². The van der Waals surface area contributed by atoms with Crippen LogP contribution < -0.4 is 5.32 Å². The zero-order valence-corrected chi connectivity index (χ0v) is 20.2. The number of benzene rings is 1. The monoisotopic (exact) mass is 494 g/mol. The fourth-order valence-corrected chi connectivity index (χ4v) is 7.36. The van der Waals surface area contributed by atoms with Crippen LogP contribution in [0.3, 0.4) is 0 Å². The molecule has 1 fully saturated rings. The van der Waals surface area contributed by atoms with Crippen molar-refractivity contribution in [2.24, 2.45) is 11.8 Å². The van der Waals surface area contributed by atoms with Gasteiger partial charge < -0.3 is 10.1 Å². The van der Waals surface area contributed by atoms with Gasteiger partial charge >= 0.3 is 5.97 Å². The van der Waals surface area contributed by atoms with Gasteiger partial charge in [-0.1, -0.05) is 6.92 Å². The topological polar surface area (TPSA) is 92.8 Å². The number of piperidine rings is 1. The molecular formula is C23H27FN2O5S2. The van der Waals surface area contributed by atoms with E-state index in [1.54, 1.807) is 0 Å². The number of esters is 1. The van der Waals surface area contributed by atoms with Crippen LogP contribution in [0.1, 0.15) is 47.0 Å². The number of hydrogen-bond acceptors (Lipinski definition) is 6. The number of amides is 1. The van der Waals surface area contributed by atoms with E-state index in [1.165, 1.54) is 34.9 Å². The SMILES string of the molecule is COC(=O)c1c(NC(=O)C2CCN(S(=O)(=O)c3ccc(F)cc3)CC2)sc2c1CCC(C)C2. The Kier molecular flexibility index (Phi) is 6.88. The minimum Gasteiger partial charge on any atom is -0.465 e. The van der Waals surface area contributed by atoms with Gasteiger partial charge in [0.25, 0.3) is 0 Å². The van der Waals surface area contributed by atoms with E-state index in [0.29, 0.717) is 29.3 Å². The third-order valence-electron chi connectivity index (χ3n) is 6.41. The minimum atomic E-state index is -3.74. The fourth-order valence-electron chi connectivity index (χ4n) is 4.48. The molecule has 0 bridgehead atoms. The Bertz CT molecular complexity index is 1150. The Morgan fingerprint density at radius 3 is 2.45 bits per heavy atom. The molecule has 33 heavy (non-hydrogen) atoms. The molecule has 1 saturated heterocycles. The maximum absolute atomic E-state index is 13.2. The molecule has 1 aliphatic carbocycles. The normalized spacial score (nSPS) is 19.7. The smallest absolute Gasteiger partial charge is 0.341 e. The van der Waals surface area contributed by atoms with E-state index >= 15 is 0 Å². The molecule has 4 rings (SSSR count). The second kappa shape index (κ2) is 9.52. The van der Waals surface area contributed by atoms with Gasteiger partial charge in [0.1, 0.15) is 10.8 Å². The van der Waals surface area contributed by atoms with Crippen molar-refractivity contribution in [2.75, 3.05) is 25.5 Å². The number of nitrogens with one attached hydrogen (secondary N) is 1. The van der Waals surface area contributed by atoms with Crippen molar-refractivity contribution in [3.05, 3.63) is 46.1 Å². The van der Waals surface area contributed by atoms with Gasteiger partial charge in [-0.25, -0.2) is 17.6 Å². The molecule has 2 aliphatic rings. The van der Waals surface area contributed by atoms with Gasteiger partial charge in [0.2, 0.25) is 15.9 Å². The number of nitrogens with zero attached hydrogens (tertiary/aromatic N) is 1. The van der Waals surface area contributed by atoms with Gasteiger partial charge in [-0.05, 0) is 67.9 Å². The van der Waals surface area contributed by atoms with Crippen molar-refractivity contribution >= 4 is 38.2 Å². The molecule has 0 spiro atoms. The van der Waals surface area contributed by atoms with Gasteiger partial charge in [0.15, 0.2) is 0 Å². The molecule has 2 heterocycles. The van der Waals surface area contributed by atoms with Crippen LogP contribution in [0.5, 0.6) is 0 Å². The van der Waals surface area contributed by atoms with Crippen LogP contribution in [-0.4, -0.2) is 44.8 Å². The summed E-state index contributed by atoms with van der Waals surface area (Å²) in [5, 5.41) is 3.45. The molecule has 178 valence electrons. The predicted octanol–water partition coefficient (Wildman–Crippen LogP) is 3.84. The van der Waals surface area contributed by atoms with E-state index in [-0.39, 0.29) is 29.8 Å². The number of carbonyl (C=O) groups excluding carboxylic acids is 2. The summed E-state index contributed by atoms with van der Waals surface area (Å²) in [5.41, 5.74) is 1.43. The summed E-state index contributed by atoms with van der Waals surface area (Å²) in [4.78, 5) is 26.6. The molecule has 1 N–H and O–H groups in total. The number of ether oxygens (including phenoxy) is 1. The number of hydrogen-bond donors (Lipinski definition) is 1. The lowest BCUT2D eigenvalue weighted by Gasteiger charge is -2.30. The first-order chi connectivity index (χ1) is 15.7. The highest BCUT2D eigenvalue weighted by atomic mass is 32.2. The molecule has 1 atom stereocenters.